The van der Waals surface area contributed by atoms with Gasteiger partial charge in [-0.05, 0) is 67.5 Å². The van der Waals surface area contributed by atoms with Gasteiger partial charge in [0.1, 0.15) is 11.8 Å². The molecule has 154 valence electrons. The van der Waals surface area contributed by atoms with E-state index < -0.39 is 6.04 Å². The fourth-order valence-electron chi connectivity index (χ4n) is 3.74. The van der Waals surface area contributed by atoms with Crippen molar-refractivity contribution in [1.29, 1.82) is 0 Å². The Balaban J connectivity index is 1.61. The Morgan fingerprint density at radius 2 is 1.76 bits per heavy atom. The standard InChI is InChI=1S/C24H30N2O3/c1-4-29-21-13-10-18(11-14-21)23(27)26-22(16(2)3)24(28)25-20-12-9-17-7-5-6-8-19(17)15-20/h5-8,10-11,13-14,16,20,22H,4,9,12,15H2,1-3H3,(H,25,28)(H,26,27). The fraction of sp³-hybridized carbons (Fsp3) is 0.417. The fourth-order valence-corrected chi connectivity index (χ4v) is 3.74. The molecule has 0 saturated carbocycles. The molecule has 0 bridgehead atoms. The van der Waals surface area contributed by atoms with Crippen molar-refractivity contribution in [2.75, 3.05) is 6.61 Å². The first-order valence-corrected chi connectivity index (χ1v) is 10.4. The van der Waals surface area contributed by atoms with Crippen LogP contribution < -0.4 is 15.4 Å². The zero-order chi connectivity index (χ0) is 20.8. The molecule has 0 aliphatic heterocycles. The van der Waals surface area contributed by atoms with Crippen LogP contribution in [0.2, 0.25) is 0 Å². The van der Waals surface area contributed by atoms with Gasteiger partial charge in [0.2, 0.25) is 5.91 Å². The van der Waals surface area contributed by atoms with Crippen LogP contribution in [-0.2, 0) is 17.6 Å². The van der Waals surface area contributed by atoms with E-state index in [4.69, 9.17) is 4.74 Å². The Morgan fingerprint density at radius 3 is 2.41 bits per heavy atom. The van der Waals surface area contributed by atoms with Crippen molar-refractivity contribution in [3.8, 4) is 5.75 Å². The number of amides is 2. The third-order valence-electron chi connectivity index (χ3n) is 5.36. The molecule has 0 saturated heterocycles. The lowest BCUT2D eigenvalue weighted by atomic mass is 9.88. The monoisotopic (exact) mass is 394 g/mol. The minimum atomic E-state index is -0.578. The Bertz CT molecular complexity index is 845. The normalized spacial score (nSPS) is 16.6. The highest BCUT2D eigenvalue weighted by atomic mass is 16.5. The van der Waals surface area contributed by atoms with Crippen LogP contribution in [0.4, 0.5) is 0 Å². The lowest BCUT2D eigenvalue weighted by Crippen LogP contribution is -2.53. The van der Waals surface area contributed by atoms with Crippen LogP contribution >= 0.6 is 0 Å². The van der Waals surface area contributed by atoms with Crippen LogP contribution in [-0.4, -0.2) is 30.5 Å². The van der Waals surface area contributed by atoms with Gasteiger partial charge in [-0.1, -0.05) is 38.1 Å². The number of hydrogen-bond donors (Lipinski definition) is 2. The molecular weight excluding hydrogens is 364 g/mol. The summed E-state index contributed by atoms with van der Waals surface area (Å²) in [6.07, 6.45) is 2.71. The first-order chi connectivity index (χ1) is 14.0. The van der Waals surface area contributed by atoms with Gasteiger partial charge in [0.15, 0.2) is 0 Å². The van der Waals surface area contributed by atoms with Gasteiger partial charge in [0, 0.05) is 11.6 Å². The first-order valence-electron chi connectivity index (χ1n) is 10.4. The van der Waals surface area contributed by atoms with E-state index in [9.17, 15) is 9.59 Å². The van der Waals surface area contributed by atoms with Crippen molar-refractivity contribution in [3.05, 3.63) is 65.2 Å². The zero-order valence-electron chi connectivity index (χ0n) is 17.4. The molecule has 2 amide bonds. The van der Waals surface area contributed by atoms with Crippen molar-refractivity contribution < 1.29 is 14.3 Å². The van der Waals surface area contributed by atoms with E-state index in [1.54, 1.807) is 24.3 Å². The van der Waals surface area contributed by atoms with Gasteiger partial charge >= 0.3 is 0 Å². The van der Waals surface area contributed by atoms with E-state index in [1.165, 1.54) is 11.1 Å². The van der Waals surface area contributed by atoms with Gasteiger partial charge in [-0.25, -0.2) is 0 Å². The van der Waals surface area contributed by atoms with Crippen LogP contribution in [0, 0.1) is 5.92 Å². The highest BCUT2D eigenvalue weighted by Gasteiger charge is 2.28. The van der Waals surface area contributed by atoms with Crippen molar-refractivity contribution in [2.24, 2.45) is 5.92 Å². The Kier molecular flexibility index (Phi) is 6.91. The third kappa shape index (κ3) is 5.37. The van der Waals surface area contributed by atoms with Crippen LogP contribution in [0.5, 0.6) is 5.75 Å². The molecule has 0 fully saturated rings. The number of hydrogen-bond acceptors (Lipinski definition) is 3. The molecule has 2 N–H and O–H groups in total. The lowest BCUT2D eigenvalue weighted by Gasteiger charge is -2.29. The summed E-state index contributed by atoms with van der Waals surface area (Å²) < 4.78 is 5.41. The summed E-state index contributed by atoms with van der Waals surface area (Å²) in [4.78, 5) is 25.6. The Morgan fingerprint density at radius 1 is 1.07 bits per heavy atom. The van der Waals surface area contributed by atoms with E-state index in [0.29, 0.717) is 12.2 Å². The second-order valence-corrected chi connectivity index (χ2v) is 7.87. The SMILES string of the molecule is CCOc1ccc(C(=O)NC(C(=O)NC2CCc3ccccc3C2)C(C)C)cc1. The molecule has 0 heterocycles. The van der Waals surface area contributed by atoms with Crippen LogP contribution in [0.1, 0.15) is 48.7 Å². The van der Waals surface area contributed by atoms with E-state index in [2.05, 4.69) is 28.8 Å². The number of carbonyl (C=O) groups excluding carboxylic acids is 2. The summed E-state index contributed by atoms with van der Waals surface area (Å²) in [7, 11) is 0. The van der Waals surface area contributed by atoms with E-state index >= 15 is 0 Å². The second-order valence-electron chi connectivity index (χ2n) is 7.87. The minimum Gasteiger partial charge on any atom is -0.494 e. The summed E-state index contributed by atoms with van der Waals surface area (Å²) in [5, 5.41) is 6.05. The van der Waals surface area contributed by atoms with Crippen molar-refractivity contribution in [3.63, 3.8) is 0 Å². The van der Waals surface area contributed by atoms with Crippen LogP contribution in [0.25, 0.3) is 0 Å². The van der Waals surface area contributed by atoms with Gasteiger partial charge in [-0.3, -0.25) is 9.59 Å². The number of benzene rings is 2. The van der Waals surface area contributed by atoms with Crippen LogP contribution in [0.15, 0.2) is 48.5 Å². The molecule has 2 atom stereocenters. The van der Waals surface area contributed by atoms with Crippen molar-refractivity contribution in [2.45, 2.75) is 52.1 Å². The number of rotatable bonds is 7. The molecule has 1 aliphatic rings. The highest BCUT2D eigenvalue weighted by molar-refractivity contribution is 5.97. The van der Waals surface area contributed by atoms with Gasteiger partial charge in [-0.2, -0.15) is 0 Å². The predicted molar refractivity (Wildman–Crippen MR) is 114 cm³/mol. The summed E-state index contributed by atoms with van der Waals surface area (Å²) >= 11 is 0. The molecule has 0 radical (unpaired) electrons. The molecule has 5 nitrogen and oxygen atoms in total. The molecule has 29 heavy (non-hydrogen) atoms. The average molecular weight is 395 g/mol. The number of aryl methyl sites for hydroxylation is 1. The van der Waals surface area contributed by atoms with Gasteiger partial charge < -0.3 is 15.4 Å². The average Bonchev–Trinajstić information content (AvgIpc) is 2.72. The molecule has 5 heteroatoms. The molecule has 1 aliphatic carbocycles. The number of fused-ring (bicyclic) bond motifs is 1. The quantitative estimate of drug-likeness (QED) is 0.755. The van der Waals surface area contributed by atoms with E-state index in [1.807, 2.05) is 26.8 Å². The van der Waals surface area contributed by atoms with Gasteiger partial charge in [-0.15, -0.1) is 0 Å². The van der Waals surface area contributed by atoms with Gasteiger partial charge in [0.25, 0.3) is 5.91 Å². The van der Waals surface area contributed by atoms with E-state index in [-0.39, 0.29) is 23.8 Å². The summed E-state index contributed by atoms with van der Waals surface area (Å²) in [6, 6.07) is 14.9. The smallest absolute Gasteiger partial charge is 0.251 e. The van der Waals surface area contributed by atoms with Gasteiger partial charge in [0.05, 0.1) is 6.61 Å². The lowest BCUT2D eigenvalue weighted by molar-refractivity contribution is -0.124. The molecule has 3 rings (SSSR count). The maximum atomic E-state index is 12.9. The molecule has 2 aromatic rings. The molecular formula is C24H30N2O3. The largest absolute Gasteiger partial charge is 0.494 e. The summed E-state index contributed by atoms with van der Waals surface area (Å²) in [6.45, 7) is 6.38. The summed E-state index contributed by atoms with van der Waals surface area (Å²) in [5.74, 6) is 0.330. The number of nitrogens with one attached hydrogen (secondary N) is 2. The Labute approximate surface area is 172 Å². The molecule has 0 spiro atoms. The minimum absolute atomic E-state index is 0.0162. The maximum Gasteiger partial charge on any atom is 0.251 e. The maximum absolute atomic E-state index is 12.9. The number of carbonyl (C=O) groups is 2. The molecule has 2 unspecified atom stereocenters. The van der Waals surface area contributed by atoms with E-state index in [0.717, 1.165) is 25.0 Å². The topological polar surface area (TPSA) is 67.4 Å². The molecule has 0 aromatic heterocycles. The zero-order valence-corrected chi connectivity index (χ0v) is 17.4. The molecule has 2 aromatic carbocycles. The first kappa shape index (κ1) is 20.9. The Hall–Kier alpha value is -2.82. The summed E-state index contributed by atoms with van der Waals surface area (Å²) in [5.41, 5.74) is 3.17. The third-order valence-corrected chi connectivity index (χ3v) is 5.36. The highest BCUT2D eigenvalue weighted by Crippen LogP contribution is 2.21. The van der Waals surface area contributed by atoms with Crippen LogP contribution in [0.3, 0.4) is 0 Å². The van der Waals surface area contributed by atoms with Crippen molar-refractivity contribution in [1.82, 2.24) is 10.6 Å². The second kappa shape index (κ2) is 9.59. The predicted octanol–water partition coefficient (Wildman–Crippen LogP) is 3.51. The van der Waals surface area contributed by atoms with Crippen molar-refractivity contribution >= 4 is 11.8 Å². The number of ether oxygens (including phenoxy) is 1.